The van der Waals surface area contributed by atoms with Gasteiger partial charge in [-0.25, -0.2) is 0 Å². The Bertz CT molecular complexity index is 580. The highest BCUT2D eigenvalue weighted by Crippen LogP contribution is 2.33. The highest BCUT2D eigenvalue weighted by Gasteiger charge is 2.18. The number of hydrogen-bond donors (Lipinski definition) is 1. The molecule has 90 valence electrons. The lowest BCUT2D eigenvalue weighted by atomic mass is 9.98. The minimum atomic E-state index is 0.240. The smallest absolute Gasteiger partial charge is 0.0517 e. The van der Waals surface area contributed by atoms with Crippen molar-refractivity contribution < 1.29 is 5.11 Å². The van der Waals surface area contributed by atoms with E-state index in [9.17, 15) is 0 Å². The molecule has 0 amide bonds. The second-order valence-electron chi connectivity index (χ2n) is 5.09. The summed E-state index contributed by atoms with van der Waals surface area (Å²) in [5.74, 6) is 0. The molecule has 1 aromatic heterocycles. The number of benzene rings is 1. The van der Waals surface area contributed by atoms with Gasteiger partial charge in [-0.05, 0) is 55.9 Å². The molecular weight excluding hydrogens is 210 g/mol. The molecule has 0 spiro atoms. The second-order valence-corrected chi connectivity index (χ2v) is 5.09. The van der Waals surface area contributed by atoms with Gasteiger partial charge in [0.2, 0.25) is 0 Å². The average molecular weight is 229 g/mol. The van der Waals surface area contributed by atoms with Gasteiger partial charge in [-0.1, -0.05) is 6.07 Å². The number of nitrogens with zero attached hydrogens (tertiary/aromatic N) is 1. The van der Waals surface area contributed by atoms with Crippen LogP contribution in [0.1, 0.15) is 28.8 Å². The monoisotopic (exact) mass is 229 g/mol. The first-order valence-electron chi connectivity index (χ1n) is 6.44. The molecule has 0 unspecified atom stereocenters. The van der Waals surface area contributed by atoms with Crippen molar-refractivity contribution in [3.63, 3.8) is 0 Å². The third-order valence-electron chi connectivity index (χ3n) is 4.10. The Labute approximate surface area is 102 Å². The first kappa shape index (κ1) is 10.8. The van der Waals surface area contributed by atoms with E-state index < -0.39 is 0 Å². The molecule has 2 heterocycles. The SMILES string of the molecule is Cc1c(C)n2c3c(cc(CCO)cc13)CCC2. The van der Waals surface area contributed by atoms with Crippen molar-refractivity contribution in [2.75, 3.05) is 6.61 Å². The minimum Gasteiger partial charge on any atom is -0.396 e. The molecule has 1 aliphatic heterocycles. The number of rotatable bonds is 2. The largest absolute Gasteiger partial charge is 0.396 e. The van der Waals surface area contributed by atoms with E-state index in [1.165, 1.54) is 46.1 Å². The van der Waals surface area contributed by atoms with Gasteiger partial charge >= 0.3 is 0 Å². The first-order chi connectivity index (χ1) is 8.22. The van der Waals surface area contributed by atoms with E-state index in [1.807, 2.05) is 0 Å². The van der Waals surface area contributed by atoms with Gasteiger partial charge in [0.15, 0.2) is 0 Å². The van der Waals surface area contributed by atoms with E-state index in [4.69, 9.17) is 5.11 Å². The summed E-state index contributed by atoms with van der Waals surface area (Å²) in [5, 5.41) is 10.5. The van der Waals surface area contributed by atoms with Crippen molar-refractivity contribution in [3.8, 4) is 0 Å². The molecule has 0 bridgehead atoms. The summed E-state index contributed by atoms with van der Waals surface area (Å²) in [4.78, 5) is 0. The molecule has 2 heteroatoms. The van der Waals surface area contributed by atoms with E-state index >= 15 is 0 Å². The van der Waals surface area contributed by atoms with E-state index in [0.717, 1.165) is 13.0 Å². The Morgan fingerprint density at radius 2 is 2.12 bits per heavy atom. The van der Waals surface area contributed by atoms with Crippen LogP contribution in [0.5, 0.6) is 0 Å². The van der Waals surface area contributed by atoms with Gasteiger partial charge in [0, 0.05) is 24.2 Å². The van der Waals surface area contributed by atoms with Crippen LogP contribution in [-0.2, 0) is 19.4 Å². The van der Waals surface area contributed by atoms with E-state index in [0.29, 0.717) is 0 Å². The zero-order valence-electron chi connectivity index (χ0n) is 10.6. The van der Waals surface area contributed by atoms with Gasteiger partial charge in [0.25, 0.3) is 0 Å². The maximum Gasteiger partial charge on any atom is 0.0517 e. The van der Waals surface area contributed by atoms with Crippen molar-refractivity contribution in [2.24, 2.45) is 0 Å². The molecule has 17 heavy (non-hydrogen) atoms. The molecule has 0 saturated heterocycles. The summed E-state index contributed by atoms with van der Waals surface area (Å²) in [6, 6.07) is 4.55. The number of aryl methyl sites for hydroxylation is 3. The van der Waals surface area contributed by atoms with Crippen LogP contribution in [-0.4, -0.2) is 16.3 Å². The van der Waals surface area contributed by atoms with Crippen molar-refractivity contribution in [2.45, 2.75) is 39.7 Å². The summed E-state index contributed by atoms with van der Waals surface area (Å²) in [6.45, 7) is 5.83. The predicted molar refractivity (Wildman–Crippen MR) is 70.5 cm³/mol. The Balaban J connectivity index is 2.33. The normalized spacial score (nSPS) is 14.5. The van der Waals surface area contributed by atoms with Crippen LogP contribution < -0.4 is 0 Å². The van der Waals surface area contributed by atoms with E-state index in [1.54, 1.807) is 0 Å². The molecule has 0 radical (unpaired) electrons. The Morgan fingerprint density at radius 3 is 2.88 bits per heavy atom. The van der Waals surface area contributed by atoms with Crippen molar-refractivity contribution in [1.82, 2.24) is 4.57 Å². The molecule has 2 nitrogen and oxygen atoms in total. The maximum absolute atomic E-state index is 9.09. The Kier molecular flexibility index (Phi) is 2.48. The van der Waals surface area contributed by atoms with Crippen LogP contribution in [0.25, 0.3) is 10.9 Å². The highest BCUT2D eigenvalue weighted by molar-refractivity contribution is 5.89. The molecule has 2 aromatic rings. The number of aliphatic hydroxyl groups is 1. The predicted octanol–water partition coefficient (Wildman–Crippen LogP) is 2.74. The molecule has 0 fully saturated rings. The molecule has 0 aliphatic carbocycles. The standard InChI is InChI=1S/C15H19NO/c1-10-11(2)16-6-3-4-13-8-12(5-7-17)9-14(10)15(13)16/h8-9,17H,3-7H2,1-2H3. The topological polar surface area (TPSA) is 25.2 Å². The molecule has 3 rings (SSSR count). The molecule has 1 aromatic carbocycles. The third kappa shape index (κ3) is 1.51. The molecule has 0 atom stereocenters. The van der Waals surface area contributed by atoms with Gasteiger partial charge in [-0.3, -0.25) is 0 Å². The Morgan fingerprint density at radius 1 is 1.29 bits per heavy atom. The number of aromatic nitrogens is 1. The summed E-state index contributed by atoms with van der Waals surface area (Å²) in [6.07, 6.45) is 3.19. The summed E-state index contributed by atoms with van der Waals surface area (Å²) in [5.41, 5.74) is 6.99. The zero-order valence-corrected chi connectivity index (χ0v) is 10.6. The van der Waals surface area contributed by atoms with E-state index in [2.05, 4.69) is 30.5 Å². The van der Waals surface area contributed by atoms with Crippen molar-refractivity contribution in [3.05, 3.63) is 34.5 Å². The number of aliphatic hydroxyl groups excluding tert-OH is 1. The van der Waals surface area contributed by atoms with Crippen molar-refractivity contribution in [1.29, 1.82) is 0 Å². The average Bonchev–Trinajstić information content (AvgIpc) is 2.57. The summed E-state index contributed by atoms with van der Waals surface area (Å²) < 4.78 is 2.46. The van der Waals surface area contributed by atoms with Crippen molar-refractivity contribution >= 4 is 10.9 Å². The van der Waals surface area contributed by atoms with E-state index in [-0.39, 0.29) is 6.61 Å². The Hall–Kier alpha value is -1.28. The fourth-order valence-electron chi connectivity index (χ4n) is 3.10. The fraction of sp³-hybridized carbons (Fsp3) is 0.467. The van der Waals surface area contributed by atoms with Gasteiger partial charge in [0.1, 0.15) is 0 Å². The van der Waals surface area contributed by atoms with Gasteiger partial charge < -0.3 is 9.67 Å². The fourth-order valence-corrected chi connectivity index (χ4v) is 3.10. The van der Waals surface area contributed by atoms with Crippen LogP contribution in [0, 0.1) is 13.8 Å². The number of hydrogen-bond acceptors (Lipinski definition) is 1. The molecule has 1 N–H and O–H groups in total. The van der Waals surface area contributed by atoms with Crippen LogP contribution in [0.2, 0.25) is 0 Å². The highest BCUT2D eigenvalue weighted by atomic mass is 16.2. The lowest BCUT2D eigenvalue weighted by Gasteiger charge is -2.18. The maximum atomic E-state index is 9.09. The quantitative estimate of drug-likeness (QED) is 0.841. The van der Waals surface area contributed by atoms with Gasteiger partial charge in [-0.15, -0.1) is 0 Å². The van der Waals surface area contributed by atoms with Crippen LogP contribution in [0.15, 0.2) is 12.1 Å². The second kappa shape index (κ2) is 3.88. The minimum absolute atomic E-state index is 0.240. The molecule has 1 aliphatic rings. The summed E-state index contributed by atoms with van der Waals surface area (Å²) >= 11 is 0. The molecular formula is C15H19NO. The molecule has 0 saturated carbocycles. The zero-order chi connectivity index (χ0) is 12.0. The lowest BCUT2D eigenvalue weighted by Crippen LogP contribution is -2.09. The van der Waals surface area contributed by atoms with Crippen LogP contribution >= 0.6 is 0 Å². The van der Waals surface area contributed by atoms with Gasteiger partial charge in [0.05, 0.1) is 5.52 Å². The third-order valence-corrected chi connectivity index (χ3v) is 4.10. The van der Waals surface area contributed by atoms with Crippen LogP contribution in [0.4, 0.5) is 0 Å². The lowest BCUT2D eigenvalue weighted by molar-refractivity contribution is 0.299. The van der Waals surface area contributed by atoms with Gasteiger partial charge in [-0.2, -0.15) is 0 Å². The van der Waals surface area contributed by atoms with Crippen LogP contribution in [0.3, 0.4) is 0 Å². The first-order valence-corrected chi connectivity index (χ1v) is 6.44. The summed E-state index contributed by atoms with van der Waals surface area (Å²) in [7, 11) is 0.